The second kappa shape index (κ2) is 3.08. The number of aromatic nitrogens is 1. The van der Waals surface area contributed by atoms with Crippen LogP contribution in [0.1, 0.15) is 5.69 Å². The van der Waals surface area contributed by atoms with Crippen molar-refractivity contribution in [1.29, 1.82) is 0 Å². The molecule has 0 bridgehead atoms. The van der Waals surface area contributed by atoms with Gasteiger partial charge in [0.05, 0.1) is 21.4 Å². The summed E-state index contributed by atoms with van der Waals surface area (Å²) in [5.74, 6) is 0. The second-order valence-electron chi connectivity index (χ2n) is 2.48. The van der Waals surface area contributed by atoms with Crippen LogP contribution >= 0.6 is 46.4 Å². The van der Waals surface area contributed by atoms with Crippen LogP contribution < -0.4 is 5.32 Å². The molecule has 0 aromatic carbocycles. The van der Waals surface area contributed by atoms with Gasteiger partial charge < -0.3 is 5.32 Å². The number of hydrogen-bond acceptors (Lipinski definition) is 2. The van der Waals surface area contributed by atoms with Gasteiger partial charge in [0.2, 0.25) is 0 Å². The highest BCUT2D eigenvalue weighted by Crippen LogP contribution is 2.27. The first-order valence-corrected chi connectivity index (χ1v) is 5.18. The molecule has 0 amide bonds. The first kappa shape index (κ1) is 8.65. The van der Waals surface area contributed by atoms with Crippen LogP contribution in [0.15, 0.2) is 6.07 Å². The minimum Gasteiger partial charge on any atom is -0.348 e. The van der Waals surface area contributed by atoms with Crippen molar-refractivity contribution in [3.8, 4) is 0 Å². The van der Waals surface area contributed by atoms with E-state index in [4.69, 9.17) is 23.8 Å². The molecule has 2 rings (SSSR count). The predicted octanol–water partition coefficient (Wildman–Crippen LogP) is 2.63. The van der Waals surface area contributed by atoms with Gasteiger partial charge in [0.15, 0.2) is 0 Å². The average molecular weight is 311 g/mol. The average Bonchev–Trinajstić information content (AvgIpc) is 2.30. The Hall–Kier alpha value is 0.0600. The molecule has 2 nitrogen and oxygen atoms in total. The number of halogens is 2. The molecule has 1 aliphatic rings. The highest BCUT2D eigenvalue weighted by Gasteiger charge is 2.17. The summed E-state index contributed by atoms with van der Waals surface area (Å²) in [6.07, 6.45) is 0.734. The summed E-state index contributed by atoms with van der Waals surface area (Å²) in [6.45, 7) is 0. The molecular formula is C7H4ClIN2S. The van der Waals surface area contributed by atoms with Gasteiger partial charge in [0, 0.05) is 6.42 Å². The van der Waals surface area contributed by atoms with E-state index in [9.17, 15) is 0 Å². The lowest BCUT2D eigenvalue weighted by atomic mass is 10.3. The van der Waals surface area contributed by atoms with E-state index in [1.807, 2.05) is 6.07 Å². The van der Waals surface area contributed by atoms with Crippen molar-refractivity contribution in [3.63, 3.8) is 0 Å². The zero-order chi connectivity index (χ0) is 8.72. The third kappa shape index (κ3) is 1.43. The first-order chi connectivity index (χ1) is 5.66. The molecule has 1 N–H and O–H groups in total. The Morgan fingerprint density at radius 1 is 1.67 bits per heavy atom. The third-order valence-electron chi connectivity index (χ3n) is 1.61. The number of pyridine rings is 1. The van der Waals surface area contributed by atoms with Crippen LogP contribution in [0, 0.1) is 3.70 Å². The molecule has 0 saturated carbocycles. The lowest BCUT2D eigenvalue weighted by molar-refractivity contribution is 1.15. The summed E-state index contributed by atoms with van der Waals surface area (Å²) in [4.78, 5) is 5.12. The molecule has 1 aromatic heterocycles. The van der Waals surface area contributed by atoms with Gasteiger partial charge in [-0.1, -0.05) is 23.8 Å². The van der Waals surface area contributed by atoms with E-state index in [0.717, 1.165) is 26.5 Å². The lowest BCUT2D eigenvalue weighted by Gasteiger charge is -1.99. The molecule has 0 unspecified atom stereocenters. The van der Waals surface area contributed by atoms with Crippen molar-refractivity contribution in [2.45, 2.75) is 6.42 Å². The fourth-order valence-electron chi connectivity index (χ4n) is 1.09. The van der Waals surface area contributed by atoms with E-state index in [1.165, 1.54) is 0 Å². The van der Waals surface area contributed by atoms with Crippen molar-refractivity contribution in [3.05, 3.63) is 20.5 Å². The van der Waals surface area contributed by atoms with Gasteiger partial charge in [-0.15, -0.1) is 0 Å². The van der Waals surface area contributed by atoms with Gasteiger partial charge in [-0.2, -0.15) is 0 Å². The largest absolute Gasteiger partial charge is 0.348 e. The van der Waals surface area contributed by atoms with Crippen LogP contribution in [0.3, 0.4) is 0 Å². The van der Waals surface area contributed by atoms with Gasteiger partial charge >= 0.3 is 0 Å². The highest BCUT2D eigenvalue weighted by atomic mass is 127. The molecule has 5 heteroatoms. The van der Waals surface area contributed by atoms with Gasteiger partial charge in [-0.3, -0.25) is 0 Å². The van der Waals surface area contributed by atoms with Crippen LogP contribution in [0.5, 0.6) is 0 Å². The molecule has 1 aliphatic heterocycles. The van der Waals surface area contributed by atoms with Crippen molar-refractivity contribution in [1.82, 2.24) is 4.98 Å². The molecule has 2 heterocycles. The summed E-state index contributed by atoms with van der Waals surface area (Å²) in [5, 5.41) is 3.72. The summed E-state index contributed by atoms with van der Waals surface area (Å²) in [6, 6.07) is 1.87. The Balaban J connectivity index is 2.55. The number of anilines is 1. The van der Waals surface area contributed by atoms with Gasteiger partial charge in [0.1, 0.15) is 3.70 Å². The summed E-state index contributed by atoms with van der Waals surface area (Å²) in [7, 11) is 0. The quantitative estimate of drug-likeness (QED) is 0.453. The van der Waals surface area contributed by atoms with Gasteiger partial charge in [-0.25, -0.2) is 4.98 Å². The SMILES string of the molecule is S=C1Cc2nc(I)c(Cl)cc2N1. The number of rotatable bonds is 0. The van der Waals surface area contributed by atoms with Crippen LogP contribution in [0.2, 0.25) is 5.02 Å². The molecule has 0 atom stereocenters. The molecular weight excluding hydrogens is 307 g/mol. The van der Waals surface area contributed by atoms with E-state index in [0.29, 0.717) is 5.02 Å². The molecule has 0 saturated heterocycles. The van der Waals surface area contributed by atoms with E-state index in [1.54, 1.807) is 0 Å². The topological polar surface area (TPSA) is 24.9 Å². The fraction of sp³-hybridized carbons (Fsp3) is 0.143. The van der Waals surface area contributed by atoms with E-state index >= 15 is 0 Å². The highest BCUT2D eigenvalue weighted by molar-refractivity contribution is 14.1. The van der Waals surface area contributed by atoms with Crippen LogP contribution in [0.25, 0.3) is 0 Å². The maximum atomic E-state index is 5.89. The zero-order valence-electron chi connectivity index (χ0n) is 5.90. The Bertz CT molecular complexity index is 334. The smallest absolute Gasteiger partial charge is 0.120 e. The third-order valence-corrected chi connectivity index (χ3v) is 3.29. The normalized spacial score (nSPS) is 14.3. The first-order valence-electron chi connectivity index (χ1n) is 3.31. The Labute approximate surface area is 93.8 Å². The van der Waals surface area contributed by atoms with Crippen LogP contribution in [-0.2, 0) is 6.42 Å². The monoisotopic (exact) mass is 310 g/mol. The number of thiocarbonyl (C=S) groups is 1. The standard InChI is InChI=1S/C7H4ClIN2S/c8-3-1-4-5(11-7(3)9)2-6(12)10-4/h1H,2H2,(H,10,12). The molecule has 12 heavy (non-hydrogen) atoms. The molecule has 0 aliphatic carbocycles. The Kier molecular flexibility index (Phi) is 2.22. The van der Waals surface area contributed by atoms with Crippen molar-refractivity contribution in [2.24, 2.45) is 0 Å². The number of hydrogen-bond donors (Lipinski definition) is 1. The fourth-order valence-corrected chi connectivity index (χ4v) is 1.94. The van der Waals surface area contributed by atoms with Gasteiger partial charge in [-0.05, 0) is 28.7 Å². The minimum atomic E-state index is 0.673. The lowest BCUT2D eigenvalue weighted by Crippen LogP contribution is -2.00. The molecule has 0 fully saturated rings. The molecule has 0 radical (unpaired) electrons. The molecule has 1 aromatic rings. The number of fused-ring (bicyclic) bond motifs is 1. The van der Waals surface area contributed by atoms with Crippen molar-refractivity contribution < 1.29 is 0 Å². The van der Waals surface area contributed by atoms with E-state index in [-0.39, 0.29) is 0 Å². The zero-order valence-corrected chi connectivity index (χ0v) is 9.63. The number of nitrogens with one attached hydrogen (secondary N) is 1. The van der Waals surface area contributed by atoms with Gasteiger partial charge in [0.25, 0.3) is 0 Å². The number of nitrogens with zero attached hydrogens (tertiary/aromatic N) is 1. The van der Waals surface area contributed by atoms with Crippen LogP contribution in [0.4, 0.5) is 5.69 Å². The van der Waals surface area contributed by atoms with Crippen LogP contribution in [-0.4, -0.2) is 9.97 Å². The maximum absolute atomic E-state index is 5.89. The Morgan fingerprint density at radius 3 is 3.17 bits per heavy atom. The van der Waals surface area contributed by atoms with Crippen molar-refractivity contribution >= 4 is 57.1 Å². The molecule has 0 spiro atoms. The summed E-state index contributed by atoms with van der Waals surface area (Å²) in [5.41, 5.74) is 1.94. The Morgan fingerprint density at radius 2 is 2.42 bits per heavy atom. The molecule has 62 valence electrons. The maximum Gasteiger partial charge on any atom is 0.120 e. The van der Waals surface area contributed by atoms with E-state index in [2.05, 4.69) is 32.9 Å². The summed E-state index contributed by atoms with van der Waals surface area (Å²) < 4.78 is 0.833. The second-order valence-corrected chi connectivity index (χ2v) is 4.40. The van der Waals surface area contributed by atoms with Crippen molar-refractivity contribution in [2.75, 3.05) is 5.32 Å². The summed E-state index contributed by atoms with van der Waals surface area (Å²) >= 11 is 13.0. The minimum absolute atomic E-state index is 0.673. The predicted molar refractivity (Wildman–Crippen MR) is 61.9 cm³/mol. The van der Waals surface area contributed by atoms with E-state index < -0.39 is 0 Å².